The zero-order chi connectivity index (χ0) is 22.0. The van der Waals surface area contributed by atoms with Crippen LogP contribution in [0.25, 0.3) is 0 Å². The fourth-order valence-electron chi connectivity index (χ4n) is 4.18. The first-order valence-electron chi connectivity index (χ1n) is 10.5. The molecule has 1 spiro atoms. The summed E-state index contributed by atoms with van der Waals surface area (Å²) in [5.41, 5.74) is 1.92. The van der Waals surface area contributed by atoms with Gasteiger partial charge in [0.2, 0.25) is 0 Å². The van der Waals surface area contributed by atoms with Crippen molar-refractivity contribution in [2.24, 2.45) is 11.3 Å². The van der Waals surface area contributed by atoms with Gasteiger partial charge in [-0.2, -0.15) is 13.2 Å². The van der Waals surface area contributed by atoms with Gasteiger partial charge in [0.05, 0.1) is 13.2 Å². The van der Waals surface area contributed by atoms with Gasteiger partial charge in [-0.15, -0.1) is 0 Å². The van der Waals surface area contributed by atoms with E-state index in [4.69, 9.17) is 19.4 Å². The fraction of sp³-hybridized carbons (Fsp3) is 0.682. The number of carbonyl (C=O) groups is 1. The summed E-state index contributed by atoms with van der Waals surface area (Å²) in [5, 5.41) is 7.12. The van der Waals surface area contributed by atoms with Crippen LogP contribution in [0.15, 0.2) is 30.3 Å². The summed E-state index contributed by atoms with van der Waals surface area (Å²) in [7, 11) is 0. The van der Waals surface area contributed by atoms with Crippen molar-refractivity contribution in [1.29, 1.82) is 0 Å². The number of halogens is 3. The van der Waals surface area contributed by atoms with Crippen molar-refractivity contribution in [2.45, 2.75) is 38.8 Å². The van der Waals surface area contributed by atoms with E-state index in [-0.39, 0.29) is 0 Å². The quantitative estimate of drug-likeness (QED) is 0.737. The topological polar surface area (TPSA) is 59.0 Å². The predicted molar refractivity (Wildman–Crippen MR) is 107 cm³/mol. The molecule has 8 heteroatoms. The average molecular weight is 431 g/mol. The number of nitrogens with zero attached hydrogens (tertiary/aromatic N) is 1. The van der Waals surface area contributed by atoms with Gasteiger partial charge in [0.15, 0.2) is 0 Å². The molecule has 2 aliphatic rings. The van der Waals surface area contributed by atoms with Crippen LogP contribution in [0.3, 0.4) is 0 Å². The molecule has 2 fully saturated rings. The molecule has 3 rings (SSSR count). The van der Waals surface area contributed by atoms with Crippen molar-refractivity contribution in [1.82, 2.24) is 4.90 Å². The standard InChI is InChI=1S/C20H31NO2.C2HF3O2/c1-2-22-16-19-17-23-15-11-20(19)9-13-21(14-10-20)12-8-18-6-4-3-5-7-18;3-2(4,5)1(6)7/h3-7,19H,2,8-17H2,1H3;(H,6,7). The number of rotatable bonds is 6. The van der Waals surface area contributed by atoms with Crippen LogP contribution in [-0.2, 0) is 20.7 Å². The summed E-state index contributed by atoms with van der Waals surface area (Å²) in [6, 6.07) is 10.9. The molecule has 1 atom stereocenters. The third-order valence-corrected chi connectivity index (χ3v) is 6.11. The Bertz CT molecular complexity index is 631. The second-order valence-corrected chi connectivity index (χ2v) is 7.92. The Morgan fingerprint density at radius 3 is 2.43 bits per heavy atom. The number of piperidine rings is 1. The Morgan fingerprint density at radius 2 is 1.87 bits per heavy atom. The molecule has 1 aromatic rings. The molecule has 170 valence electrons. The van der Waals surface area contributed by atoms with Crippen LogP contribution in [0, 0.1) is 11.3 Å². The molecule has 0 aliphatic carbocycles. The maximum absolute atomic E-state index is 10.6. The number of hydrogen-bond donors (Lipinski definition) is 1. The van der Waals surface area contributed by atoms with Crippen LogP contribution in [0.1, 0.15) is 31.7 Å². The van der Waals surface area contributed by atoms with Gasteiger partial charge < -0.3 is 19.5 Å². The van der Waals surface area contributed by atoms with Gasteiger partial charge in [0.25, 0.3) is 0 Å². The van der Waals surface area contributed by atoms with Gasteiger partial charge in [-0.05, 0) is 56.7 Å². The summed E-state index contributed by atoms with van der Waals surface area (Å²) in [6.07, 6.45) is -0.0810. The van der Waals surface area contributed by atoms with Crippen molar-refractivity contribution in [3.63, 3.8) is 0 Å². The molecular weight excluding hydrogens is 399 g/mol. The molecule has 2 aliphatic heterocycles. The lowest BCUT2D eigenvalue weighted by Gasteiger charge is -2.49. The second kappa shape index (κ2) is 11.7. The minimum Gasteiger partial charge on any atom is -0.475 e. The molecule has 2 heterocycles. The first-order chi connectivity index (χ1) is 14.3. The van der Waals surface area contributed by atoms with Gasteiger partial charge in [-0.1, -0.05) is 30.3 Å². The lowest BCUT2D eigenvalue weighted by molar-refractivity contribution is -0.192. The highest BCUT2D eigenvalue weighted by Gasteiger charge is 2.43. The highest BCUT2D eigenvalue weighted by molar-refractivity contribution is 5.73. The van der Waals surface area contributed by atoms with E-state index in [0.717, 1.165) is 26.4 Å². The van der Waals surface area contributed by atoms with Crippen molar-refractivity contribution >= 4 is 5.97 Å². The molecule has 1 unspecified atom stereocenters. The minimum absolute atomic E-state index is 0.469. The minimum atomic E-state index is -5.08. The highest BCUT2D eigenvalue weighted by atomic mass is 19.4. The molecule has 0 aromatic heterocycles. The van der Waals surface area contributed by atoms with Crippen LogP contribution >= 0.6 is 0 Å². The molecule has 0 radical (unpaired) electrons. The maximum Gasteiger partial charge on any atom is 0.490 e. The van der Waals surface area contributed by atoms with E-state index in [1.165, 1.54) is 50.9 Å². The van der Waals surface area contributed by atoms with Crippen LogP contribution in [0.2, 0.25) is 0 Å². The van der Waals surface area contributed by atoms with Crippen molar-refractivity contribution in [3.8, 4) is 0 Å². The number of benzene rings is 1. The third kappa shape index (κ3) is 7.56. The number of ether oxygens (including phenoxy) is 2. The number of alkyl halides is 3. The van der Waals surface area contributed by atoms with Gasteiger partial charge in [0, 0.05) is 25.7 Å². The van der Waals surface area contributed by atoms with Crippen LogP contribution < -0.4 is 0 Å². The molecule has 2 saturated heterocycles. The molecule has 0 saturated carbocycles. The SMILES string of the molecule is CCOCC1COCCC12CCN(CCc1ccccc1)CC2.O=C(O)C(F)(F)F. The van der Waals surface area contributed by atoms with E-state index in [1.807, 2.05) is 0 Å². The molecule has 30 heavy (non-hydrogen) atoms. The first kappa shape index (κ1) is 24.6. The van der Waals surface area contributed by atoms with Crippen molar-refractivity contribution < 1.29 is 32.5 Å². The fourth-order valence-corrected chi connectivity index (χ4v) is 4.18. The lowest BCUT2D eigenvalue weighted by Crippen LogP contribution is -2.49. The van der Waals surface area contributed by atoms with Crippen LogP contribution in [0.4, 0.5) is 13.2 Å². The lowest BCUT2D eigenvalue weighted by atomic mass is 9.66. The zero-order valence-corrected chi connectivity index (χ0v) is 17.5. The van der Waals surface area contributed by atoms with E-state index < -0.39 is 12.1 Å². The largest absolute Gasteiger partial charge is 0.490 e. The monoisotopic (exact) mass is 431 g/mol. The maximum atomic E-state index is 10.6. The van der Waals surface area contributed by atoms with Crippen LogP contribution in [0.5, 0.6) is 0 Å². The van der Waals surface area contributed by atoms with E-state index in [9.17, 15) is 13.2 Å². The number of carboxylic acids is 1. The number of carboxylic acid groups (broad SMARTS) is 1. The summed E-state index contributed by atoms with van der Waals surface area (Å²) in [4.78, 5) is 11.5. The van der Waals surface area contributed by atoms with Gasteiger partial charge in [-0.3, -0.25) is 0 Å². The Morgan fingerprint density at radius 1 is 1.23 bits per heavy atom. The second-order valence-electron chi connectivity index (χ2n) is 7.92. The highest BCUT2D eigenvalue weighted by Crippen LogP contribution is 2.44. The summed E-state index contributed by atoms with van der Waals surface area (Å²) >= 11 is 0. The first-order valence-corrected chi connectivity index (χ1v) is 10.5. The Kier molecular flexibility index (Phi) is 9.58. The van der Waals surface area contributed by atoms with Gasteiger partial charge in [-0.25, -0.2) is 4.79 Å². The van der Waals surface area contributed by atoms with Crippen molar-refractivity contribution in [2.75, 3.05) is 46.1 Å². The molecular formula is C22H32F3NO4. The van der Waals surface area contributed by atoms with E-state index in [2.05, 4.69) is 42.2 Å². The zero-order valence-electron chi connectivity index (χ0n) is 17.5. The Balaban J connectivity index is 0.000000396. The number of hydrogen-bond acceptors (Lipinski definition) is 4. The Hall–Kier alpha value is -1.64. The van der Waals surface area contributed by atoms with E-state index >= 15 is 0 Å². The van der Waals surface area contributed by atoms with E-state index in [0.29, 0.717) is 11.3 Å². The predicted octanol–water partition coefficient (Wildman–Crippen LogP) is 4.02. The summed E-state index contributed by atoms with van der Waals surface area (Å²) in [5.74, 6) is -2.17. The van der Waals surface area contributed by atoms with Crippen LogP contribution in [-0.4, -0.2) is 68.2 Å². The third-order valence-electron chi connectivity index (χ3n) is 6.11. The van der Waals surface area contributed by atoms with Gasteiger partial charge >= 0.3 is 12.1 Å². The molecule has 1 N–H and O–H groups in total. The molecule has 5 nitrogen and oxygen atoms in total. The smallest absolute Gasteiger partial charge is 0.475 e. The molecule has 1 aromatic carbocycles. The number of likely N-dealkylation sites (tertiary alicyclic amines) is 1. The Labute approximate surface area is 176 Å². The average Bonchev–Trinajstić information content (AvgIpc) is 2.73. The normalized spacial score (nSPS) is 21.7. The number of aliphatic carboxylic acids is 1. The molecule has 0 bridgehead atoms. The summed E-state index contributed by atoms with van der Waals surface area (Å²) in [6.45, 7) is 9.26. The summed E-state index contributed by atoms with van der Waals surface area (Å²) < 4.78 is 43.2. The van der Waals surface area contributed by atoms with E-state index in [1.54, 1.807) is 0 Å². The molecule has 0 amide bonds. The van der Waals surface area contributed by atoms with Crippen molar-refractivity contribution in [3.05, 3.63) is 35.9 Å². The van der Waals surface area contributed by atoms with Gasteiger partial charge in [0.1, 0.15) is 0 Å².